The van der Waals surface area contributed by atoms with Gasteiger partial charge in [-0.15, -0.1) is 11.3 Å². The summed E-state index contributed by atoms with van der Waals surface area (Å²) < 4.78 is 38.4. The molecule has 0 aliphatic heterocycles. The van der Waals surface area contributed by atoms with E-state index in [1.54, 1.807) is 12.1 Å². The molecule has 8 nitrogen and oxygen atoms in total. The summed E-state index contributed by atoms with van der Waals surface area (Å²) in [5.74, 6) is 0. The van der Waals surface area contributed by atoms with Gasteiger partial charge >= 0.3 is 17.6 Å². The fourth-order valence-electron chi connectivity index (χ4n) is 1.86. The van der Waals surface area contributed by atoms with Gasteiger partial charge in [-0.2, -0.15) is 18.3 Å². The molecule has 0 saturated heterocycles. The highest BCUT2D eigenvalue weighted by Gasteiger charge is 2.37. The van der Waals surface area contributed by atoms with Crippen LogP contribution in [0.25, 0.3) is 0 Å². The Morgan fingerprint density at radius 1 is 1.16 bits per heavy atom. The van der Waals surface area contributed by atoms with Gasteiger partial charge in [-0.3, -0.25) is 25.7 Å². The summed E-state index contributed by atoms with van der Waals surface area (Å²) in [6, 6.07) is 3.93. The fourth-order valence-corrected chi connectivity index (χ4v) is 2.61. The Morgan fingerprint density at radius 2 is 1.72 bits per heavy atom. The van der Waals surface area contributed by atoms with E-state index in [-0.39, 0.29) is 12.1 Å². The number of alkyl halides is 3. The van der Waals surface area contributed by atoms with E-state index in [0.29, 0.717) is 4.88 Å². The Bertz CT molecular complexity index is 828. The summed E-state index contributed by atoms with van der Waals surface area (Å²) in [4.78, 5) is 21.4. The summed E-state index contributed by atoms with van der Waals surface area (Å²) in [6.45, 7) is 1.83. The molecule has 1 aromatic carbocycles. The molecule has 0 radical (unpaired) electrons. The van der Waals surface area contributed by atoms with Crippen molar-refractivity contribution in [2.75, 3.05) is 5.43 Å². The van der Waals surface area contributed by atoms with Gasteiger partial charge in [0.1, 0.15) is 0 Å². The number of rotatable bonds is 5. The van der Waals surface area contributed by atoms with E-state index in [9.17, 15) is 33.4 Å². The normalized spacial score (nSPS) is 11.7. The third-order valence-electron chi connectivity index (χ3n) is 2.95. The third-order valence-corrected chi connectivity index (χ3v) is 3.88. The van der Waals surface area contributed by atoms with Crippen molar-refractivity contribution in [3.63, 3.8) is 0 Å². The molecule has 1 aromatic heterocycles. The lowest BCUT2D eigenvalue weighted by atomic mass is 10.1. The monoisotopic (exact) mass is 374 g/mol. The lowest BCUT2D eigenvalue weighted by molar-refractivity contribution is -0.392. The molecule has 0 aliphatic carbocycles. The molecule has 2 aromatic rings. The van der Waals surface area contributed by atoms with E-state index >= 15 is 0 Å². The average molecular weight is 374 g/mol. The Labute approximate surface area is 141 Å². The van der Waals surface area contributed by atoms with Crippen molar-refractivity contribution in [3.05, 3.63) is 59.8 Å². The number of nitro groups is 2. The quantitative estimate of drug-likeness (QED) is 0.475. The maximum absolute atomic E-state index is 12.8. The third kappa shape index (κ3) is 4.29. The van der Waals surface area contributed by atoms with Gasteiger partial charge in [0.15, 0.2) is 0 Å². The van der Waals surface area contributed by atoms with Crippen LogP contribution in [0, 0.1) is 27.2 Å². The number of nitrogens with one attached hydrogen (secondary N) is 1. The van der Waals surface area contributed by atoms with Gasteiger partial charge in [-0.25, -0.2) is 0 Å². The molecule has 0 atom stereocenters. The van der Waals surface area contributed by atoms with Crippen LogP contribution in [0.1, 0.15) is 15.3 Å². The van der Waals surface area contributed by atoms with Crippen molar-refractivity contribution in [2.24, 2.45) is 5.10 Å². The predicted molar refractivity (Wildman–Crippen MR) is 85.0 cm³/mol. The first-order valence-electron chi connectivity index (χ1n) is 6.49. The fraction of sp³-hybridized carbons (Fsp3) is 0.154. The lowest BCUT2D eigenvalue weighted by Crippen LogP contribution is -2.09. The van der Waals surface area contributed by atoms with Crippen molar-refractivity contribution in [1.82, 2.24) is 0 Å². The summed E-state index contributed by atoms with van der Waals surface area (Å²) >= 11 is 1.34. The molecule has 1 heterocycles. The molecule has 2 rings (SSSR count). The number of benzene rings is 1. The first kappa shape index (κ1) is 18.3. The first-order valence-corrected chi connectivity index (χ1v) is 7.31. The number of aryl methyl sites for hydroxylation is 1. The molecule has 0 unspecified atom stereocenters. The molecular formula is C13H9F3N4O4S. The summed E-state index contributed by atoms with van der Waals surface area (Å²) in [5, 5.41) is 25.7. The zero-order valence-corrected chi connectivity index (χ0v) is 13.2. The summed E-state index contributed by atoms with van der Waals surface area (Å²) in [7, 11) is 0. The minimum absolute atomic E-state index is 0.222. The van der Waals surface area contributed by atoms with Crippen LogP contribution >= 0.6 is 11.3 Å². The Balaban J connectivity index is 2.49. The van der Waals surface area contributed by atoms with Gasteiger partial charge in [0.25, 0.3) is 0 Å². The number of hydrogen-bond acceptors (Lipinski definition) is 7. The molecule has 0 bridgehead atoms. The van der Waals surface area contributed by atoms with Crippen LogP contribution in [0.4, 0.5) is 30.2 Å². The van der Waals surface area contributed by atoms with Crippen LogP contribution < -0.4 is 5.43 Å². The highest BCUT2D eigenvalue weighted by molar-refractivity contribution is 7.13. The molecule has 25 heavy (non-hydrogen) atoms. The molecule has 0 fully saturated rings. The zero-order valence-electron chi connectivity index (χ0n) is 12.4. The van der Waals surface area contributed by atoms with Crippen LogP contribution in [0.3, 0.4) is 0 Å². The number of nitrogens with zero attached hydrogens (tertiary/aromatic N) is 3. The lowest BCUT2D eigenvalue weighted by Gasteiger charge is -2.09. The number of halogens is 3. The van der Waals surface area contributed by atoms with Crippen LogP contribution in [0.15, 0.2) is 29.4 Å². The number of nitro benzene ring substituents is 2. The molecular weight excluding hydrogens is 365 g/mol. The van der Waals surface area contributed by atoms with Crippen molar-refractivity contribution in [2.45, 2.75) is 13.1 Å². The van der Waals surface area contributed by atoms with Crippen molar-refractivity contribution < 1.29 is 23.0 Å². The second-order valence-electron chi connectivity index (χ2n) is 4.72. The van der Waals surface area contributed by atoms with E-state index in [4.69, 9.17) is 0 Å². The maximum atomic E-state index is 12.8. The smallest absolute Gasteiger partial charge is 0.266 e. The number of thiophene rings is 1. The zero-order chi connectivity index (χ0) is 18.8. The minimum Gasteiger partial charge on any atom is -0.266 e. The molecule has 0 amide bonds. The minimum atomic E-state index is -4.97. The van der Waals surface area contributed by atoms with Crippen LogP contribution in [-0.2, 0) is 6.18 Å². The molecule has 1 N–H and O–H groups in total. The van der Waals surface area contributed by atoms with Crippen LogP contribution in [0.2, 0.25) is 0 Å². The Kier molecular flexibility index (Phi) is 5.02. The van der Waals surface area contributed by atoms with Crippen molar-refractivity contribution in [1.29, 1.82) is 0 Å². The predicted octanol–water partition coefficient (Wildman–Crippen LogP) is 4.34. The second kappa shape index (κ2) is 6.84. The molecule has 0 saturated carbocycles. The van der Waals surface area contributed by atoms with E-state index in [1.165, 1.54) is 17.6 Å². The SMILES string of the molecule is Cc1ccc(/C=N\Nc2c([N+](=O)[O-])cc(C(F)(F)F)cc2[N+](=O)[O-])s1. The van der Waals surface area contributed by atoms with Gasteiger partial charge in [-0.05, 0) is 19.1 Å². The largest absolute Gasteiger partial charge is 0.416 e. The van der Waals surface area contributed by atoms with Gasteiger partial charge in [-0.1, -0.05) is 0 Å². The topological polar surface area (TPSA) is 111 Å². The van der Waals surface area contributed by atoms with Crippen molar-refractivity contribution in [3.8, 4) is 0 Å². The van der Waals surface area contributed by atoms with E-state index in [2.05, 4.69) is 10.5 Å². The highest BCUT2D eigenvalue weighted by atomic mass is 32.1. The van der Waals surface area contributed by atoms with Gasteiger partial charge in [0.05, 0.1) is 21.6 Å². The maximum Gasteiger partial charge on any atom is 0.416 e. The summed E-state index contributed by atoms with van der Waals surface area (Å²) in [6.07, 6.45) is -3.71. The molecule has 0 aliphatic rings. The number of hydrazone groups is 1. The second-order valence-corrected chi connectivity index (χ2v) is 6.04. The van der Waals surface area contributed by atoms with Gasteiger partial charge in [0.2, 0.25) is 5.69 Å². The van der Waals surface area contributed by atoms with Crippen LogP contribution in [-0.4, -0.2) is 16.1 Å². The number of hydrogen-bond donors (Lipinski definition) is 1. The van der Waals surface area contributed by atoms with Crippen LogP contribution in [0.5, 0.6) is 0 Å². The van der Waals surface area contributed by atoms with Gasteiger partial charge < -0.3 is 0 Å². The van der Waals surface area contributed by atoms with E-state index in [1.807, 2.05) is 6.92 Å². The summed E-state index contributed by atoms with van der Waals surface area (Å²) in [5.41, 5.74) is -2.31. The molecule has 132 valence electrons. The Hall–Kier alpha value is -3.02. The average Bonchev–Trinajstić information content (AvgIpc) is 2.91. The highest BCUT2D eigenvalue weighted by Crippen LogP contribution is 2.41. The molecule has 12 heteroatoms. The Morgan fingerprint density at radius 3 is 2.12 bits per heavy atom. The molecule has 0 spiro atoms. The standard InChI is InChI=1S/C13H9F3N4O4S/c1-7-2-3-9(25-7)6-17-18-12-10(19(21)22)4-8(13(14,15)16)5-11(12)20(23)24/h2-6,18H,1H3/b17-6-. The van der Waals surface area contributed by atoms with E-state index < -0.39 is 38.6 Å². The van der Waals surface area contributed by atoms with E-state index in [0.717, 1.165) is 4.88 Å². The van der Waals surface area contributed by atoms with Gasteiger partial charge in [0, 0.05) is 21.9 Å². The number of anilines is 1. The first-order chi connectivity index (χ1) is 11.6. The van der Waals surface area contributed by atoms with Crippen molar-refractivity contribution >= 4 is 34.6 Å².